The topological polar surface area (TPSA) is 17.0 Å². The number of aryl methyl sites for hydroxylation is 1. The second-order valence-electron chi connectivity index (χ2n) is 4.72. The Labute approximate surface area is 114 Å². The van der Waals surface area contributed by atoms with Gasteiger partial charge in [-0.05, 0) is 24.3 Å². The van der Waals surface area contributed by atoms with Gasteiger partial charge < -0.3 is 9.88 Å². The van der Waals surface area contributed by atoms with Crippen molar-refractivity contribution in [2.45, 2.75) is 25.9 Å². The van der Waals surface area contributed by atoms with Crippen molar-refractivity contribution in [2.24, 2.45) is 7.05 Å². The van der Waals surface area contributed by atoms with Crippen LogP contribution in [0.2, 0.25) is 0 Å². The zero-order chi connectivity index (χ0) is 13.0. The molecule has 0 saturated carbocycles. The van der Waals surface area contributed by atoms with Crippen molar-refractivity contribution < 1.29 is 0 Å². The minimum absolute atomic E-state index is 0.610. The van der Waals surface area contributed by atoms with E-state index in [-0.39, 0.29) is 0 Å². The second-order valence-corrected chi connectivity index (χ2v) is 5.63. The molecule has 98 valence electrons. The molecule has 0 aliphatic rings. The van der Waals surface area contributed by atoms with Gasteiger partial charge in [-0.1, -0.05) is 25.1 Å². The third-order valence-electron chi connectivity index (χ3n) is 3.42. The van der Waals surface area contributed by atoms with E-state index >= 15 is 0 Å². The number of para-hydroxylation sites is 1. The molecule has 0 saturated heterocycles. The molecule has 0 radical (unpaired) electrons. The van der Waals surface area contributed by atoms with Crippen LogP contribution in [0.25, 0.3) is 10.9 Å². The number of thioether (sulfide) groups is 1. The summed E-state index contributed by atoms with van der Waals surface area (Å²) in [6.07, 6.45) is 5.59. The lowest BCUT2D eigenvalue weighted by atomic mass is 10.1. The first-order valence-electron chi connectivity index (χ1n) is 6.51. The van der Waals surface area contributed by atoms with Gasteiger partial charge in [0.2, 0.25) is 0 Å². The Kier molecular flexibility index (Phi) is 4.72. The average Bonchev–Trinajstić information content (AvgIpc) is 2.72. The molecule has 1 aromatic heterocycles. The van der Waals surface area contributed by atoms with Crippen molar-refractivity contribution in [1.29, 1.82) is 0 Å². The maximum absolute atomic E-state index is 3.66. The van der Waals surface area contributed by atoms with E-state index in [1.807, 2.05) is 11.8 Å². The summed E-state index contributed by atoms with van der Waals surface area (Å²) in [6, 6.07) is 9.21. The monoisotopic (exact) mass is 262 g/mol. The highest BCUT2D eigenvalue weighted by Gasteiger charge is 2.08. The fourth-order valence-electron chi connectivity index (χ4n) is 2.34. The van der Waals surface area contributed by atoms with Crippen LogP contribution in [0.3, 0.4) is 0 Å². The molecule has 1 aromatic carbocycles. The standard InChI is InChI=1S/C15H22N2S/c1-4-13(11-18-3)16-9-12-10-17(2)15-8-6-5-7-14(12)15/h5-8,10,13,16H,4,9,11H2,1-3H3. The second kappa shape index (κ2) is 6.30. The van der Waals surface area contributed by atoms with Gasteiger partial charge in [-0.25, -0.2) is 0 Å². The van der Waals surface area contributed by atoms with E-state index in [4.69, 9.17) is 0 Å². The third kappa shape index (κ3) is 2.90. The maximum atomic E-state index is 3.66. The molecule has 2 nitrogen and oxygen atoms in total. The molecule has 1 unspecified atom stereocenters. The zero-order valence-corrected chi connectivity index (χ0v) is 12.3. The van der Waals surface area contributed by atoms with Crippen molar-refractivity contribution >= 4 is 22.7 Å². The Bertz CT molecular complexity index is 504. The van der Waals surface area contributed by atoms with Crippen LogP contribution < -0.4 is 5.32 Å². The van der Waals surface area contributed by atoms with Gasteiger partial charge in [-0.3, -0.25) is 0 Å². The molecule has 1 N–H and O–H groups in total. The SMILES string of the molecule is CCC(CSC)NCc1cn(C)c2ccccc12. The lowest BCUT2D eigenvalue weighted by Gasteiger charge is -2.15. The molecular formula is C15H22N2S. The first-order valence-corrected chi connectivity index (χ1v) is 7.91. The summed E-state index contributed by atoms with van der Waals surface area (Å²) in [7, 11) is 2.12. The Morgan fingerprint density at radius 2 is 2.11 bits per heavy atom. The summed E-state index contributed by atoms with van der Waals surface area (Å²) in [6.45, 7) is 3.21. The lowest BCUT2D eigenvalue weighted by molar-refractivity contribution is 0.542. The van der Waals surface area contributed by atoms with E-state index in [0.717, 1.165) is 6.54 Å². The van der Waals surface area contributed by atoms with Crippen molar-refractivity contribution in [2.75, 3.05) is 12.0 Å². The number of nitrogens with one attached hydrogen (secondary N) is 1. The molecule has 0 amide bonds. The molecule has 0 aliphatic carbocycles. The van der Waals surface area contributed by atoms with Crippen LogP contribution in [0.1, 0.15) is 18.9 Å². The third-order valence-corrected chi connectivity index (χ3v) is 4.16. The van der Waals surface area contributed by atoms with Crippen LogP contribution in [0.4, 0.5) is 0 Å². The summed E-state index contributed by atoms with van der Waals surface area (Å²) in [4.78, 5) is 0. The molecule has 18 heavy (non-hydrogen) atoms. The lowest BCUT2D eigenvalue weighted by Crippen LogP contribution is -2.30. The summed E-state index contributed by atoms with van der Waals surface area (Å²) in [5, 5.41) is 5.03. The molecule has 0 aliphatic heterocycles. The quantitative estimate of drug-likeness (QED) is 0.859. The van der Waals surface area contributed by atoms with Crippen molar-refractivity contribution in [3.05, 3.63) is 36.0 Å². The van der Waals surface area contributed by atoms with E-state index in [2.05, 4.69) is 60.6 Å². The number of hydrogen-bond donors (Lipinski definition) is 1. The smallest absolute Gasteiger partial charge is 0.0481 e. The van der Waals surface area contributed by atoms with E-state index in [1.165, 1.54) is 28.6 Å². The highest BCUT2D eigenvalue weighted by molar-refractivity contribution is 7.98. The van der Waals surface area contributed by atoms with Crippen LogP contribution in [0.5, 0.6) is 0 Å². The van der Waals surface area contributed by atoms with E-state index in [0.29, 0.717) is 6.04 Å². The van der Waals surface area contributed by atoms with Crippen LogP contribution in [0, 0.1) is 0 Å². The molecule has 0 fully saturated rings. The minimum Gasteiger partial charge on any atom is -0.350 e. The number of fused-ring (bicyclic) bond motifs is 1. The minimum atomic E-state index is 0.610. The number of rotatable bonds is 6. The number of hydrogen-bond acceptors (Lipinski definition) is 2. The maximum Gasteiger partial charge on any atom is 0.0481 e. The molecule has 0 bridgehead atoms. The van der Waals surface area contributed by atoms with Crippen molar-refractivity contribution in [3.63, 3.8) is 0 Å². The van der Waals surface area contributed by atoms with Gasteiger partial charge in [0.1, 0.15) is 0 Å². The molecule has 0 spiro atoms. The van der Waals surface area contributed by atoms with E-state index in [1.54, 1.807) is 0 Å². The zero-order valence-electron chi connectivity index (χ0n) is 11.4. The molecule has 2 aromatic rings. The fraction of sp³-hybridized carbons (Fsp3) is 0.467. The summed E-state index contributed by atoms with van der Waals surface area (Å²) in [5.41, 5.74) is 2.71. The first-order chi connectivity index (χ1) is 8.76. The number of benzene rings is 1. The molecule has 3 heteroatoms. The highest BCUT2D eigenvalue weighted by Crippen LogP contribution is 2.20. The predicted octanol–water partition coefficient (Wildman–Crippen LogP) is 3.41. The number of aromatic nitrogens is 1. The summed E-state index contributed by atoms with van der Waals surface area (Å²) < 4.78 is 2.21. The molecule has 1 heterocycles. The predicted molar refractivity (Wildman–Crippen MR) is 82.2 cm³/mol. The van der Waals surface area contributed by atoms with Crippen molar-refractivity contribution in [3.8, 4) is 0 Å². The van der Waals surface area contributed by atoms with Gasteiger partial charge in [0.15, 0.2) is 0 Å². The van der Waals surface area contributed by atoms with Crippen molar-refractivity contribution in [1.82, 2.24) is 9.88 Å². The average molecular weight is 262 g/mol. The summed E-state index contributed by atoms with van der Waals surface area (Å²) >= 11 is 1.91. The van der Waals surface area contributed by atoms with Crippen LogP contribution >= 0.6 is 11.8 Å². The van der Waals surface area contributed by atoms with Gasteiger partial charge >= 0.3 is 0 Å². The normalized spacial score (nSPS) is 13.1. The van der Waals surface area contributed by atoms with Crippen LogP contribution in [-0.2, 0) is 13.6 Å². The number of nitrogens with zero attached hydrogens (tertiary/aromatic N) is 1. The Hall–Kier alpha value is -0.930. The Balaban J connectivity index is 2.12. The first kappa shape index (κ1) is 13.5. The van der Waals surface area contributed by atoms with Gasteiger partial charge in [0, 0.05) is 42.5 Å². The Morgan fingerprint density at radius 3 is 2.83 bits per heavy atom. The van der Waals surface area contributed by atoms with Gasteiger partial charge in [-0.15, -0.1) is 0 Å². The van der Waals surface area contributed by atoms with Crippen LogP contribution in [0.15, 0.2) is 30.5 Å². The summed E-state index contributed by atoms with van der Waals surface area (Å²) in [5.74, 6) is 1.18. The van der Waals surface area contributed by atoms with Gasteiger partial charge in [-0.2, -0.15) is 11.8 Å². The van der Waals surface area contributed by atoms with Gasteiger partial charge in [0.05, 0.1) is 0 Å². The van der Waals surface area contributed by atoms with E-state index < -0.39 is 0 Å². The Morgan fingerprint density at radius 1 is 1.33 bits per heavy atom. The molecule has 1 atom stereocenters. The van der Waals surface area contributed by atoms with Gasteiger partial charge in [0.25, 0.3) is 0 Å². The molecule has 2 rings (SSSR count). The fourth-order valence-corrected chi connectivity index (χ4v) is 3.10. The largest absolute Gasteiger partial charge is 0.350 e. The van der Waals surface area contributed by atoms with E-state index in [9.17, 15) is 0 Å². The van der Waals surface area contributed by atoms with Crippen LogP contribution in [-0.4, -0.2) is 22.6 Å². The highest BCUT2D eigenvalue weighted by atomic mass is 32.2. The molecular weight excluding hydrogens is 240 g/mol.